The molecule has 3 heterocycles. The van der Waals surface area contributed by atoms with Crippen LogP contribution in [0.3, 0.4) is 0 Å². The number of hydrazine groups is 1. The lowest BCUT2D eigenvalue weighted by molar-refractivity contribution is 0.0449. The lowest BCUT2D eigenvalue weighted by Gasteiger charge is -2.31. The van der Waals surface area contributed by atoms with E-state index in [1.165, 1.54) is 21.0 Å². The highest BCUT2D eigenvalue weighted by Gasteiger charge is 2.43. The minimum Gasteiger partial charge on any atom is -0.380 e. The molecule has 5 nitrogen and oxygen atoms in total. The van der Waals surface area contributed by atoms with E-state index in [-0.39, 0.29) is 23.4 Å². The van der Waals surface area contributed by atoms with Gasteiger partial charge in [-0.15, -0.1) is 10.5 Å². The molecule has 0 radical (unpaired) electrons. The Morgan fingerprint density at radius 3 is 2.93 bits per heavy atom. The molecule has 3 aliphatic heterocycles. The highest BCUT2D eigenvalue weighted by molar-refractivity contribution is 8.19. The summed E-state index contributed by atoms with van der Waals surface area (Å²) in [6.45, 7) is 3.68. The highest BCUT2D eigenvalue weighted by atomic mass is 35.5. The molecule has 27 heavy (non-hydrogen) atoms. The van der Waals surface area contributed by atoms with Crippen molar-refractivity contribution in [3.63, 3.8) is 0 Å². The van der Waals surface area contributed by atoms with Crippen LogP contribution in [0.5, 0.6) is 0 Å². The fourth-order valence-corrected chi connectivity index (χ4v) is 6.85. The number of aliphatic hydroxyl groups is 1. The molecular weight excluding hydrogens is 380 g/mol. The van der Waals surface area contributed by atoms with Gasteiger partial charge in [0.05, 0.1) is 28.9 Å². The van der Waals surface area contributed by atoms with Crippen LogP contribution in [0.25, 0.3) is 0 Å². The summed E-state index contributed by atoms with van der Waals surface area (Å²) in [5, 5.41) is 12.5. The predicted octanol–water partition coefficient (Wildman–Crippen LogP) is 2.90. The van der Waals surface area contributed by atoms with E-state index in [2.05, 4.69) is 52.8 Å². The van der Waals surface area contributed by atoms with Gasteiger partial charge >= 0.3 is 0 Å². The molecule has 142 valence electrons. The van der Waals surface area contributed by atoms with Crippen LogP contribution in [0.1, 0.15) is 6.92 Å². The second-order valence-electron chi connectivity index (χ2n) is 7.27. The molecule has 7 heteroatoms. The van der Waals surface area contributed by atoms with Crippen molar-refractivity contribution in [1.29, 1.82) is 0 Å². The molecular formula is C20H23ClN4OS. The number of hydrogen-bond acceptors (Lipinski definition) is 5. The lowest BCUT2D eigenvalue weighted by Crippen LogP contribution is -2.48. The number of nitrogens with zero attached hydrogens (tertiary/aromatic N) is 3. The van der Waals surface area contributed by atoms with Crippen LogP contribution >= 0.6 is 22.1 Å². The molecule has 1 saturated heterocycles. The highest BCUT2D eigenvalue weighted by Crippen LogP contribution is 2.49. The van der Waals surface area contributed by atoms with Crippen LogP contribution in [0.15, 0.2) is 58.7 Å². The van der Waals surface area contributed by atoms with Crippen molar-refractivity contribution in [2.75, 3.05) is 31.1 Å². The number of hydrogen-bond donors (Lipinski definition) is 2. The molecule has 3 unspecified atom stereocenters. The average molecular weight is 403 g/mol. The van der Waals surface area contributed by atoms with E-state index in [1.54, 1.807) is 0 Å². The maximum atomic E-state index is 9.86. The molecule has 1 aromatic carbocycles. The van der Waals surface area contributed by atoms with E-state index < -0.39 is 0 Å². The van der Waals surface area contributed by atoms with Gasteiger partial charge in [-0.2, -0.15) is 5.01 Å². The Morgan fingerprint density at radius 1 is 1.33 bits per heavy atom. The largest absolute Gasteiger partial charge is 0.380 e. The molecule has 4 aliphatic rings. The Hall–Kier alpha value is -1.41. The van der Waals surface area contributed by atoms with Crippen LogP contribution in [0.2, 0.25) is 5.02 Å². The summed E-state index contributed by atoms with van der Waals surface area (Å²) in [5.41, 5.74) is 7.10. The Kier molecular flexibility index (Phi) is 4.31. The van der Waals surface area contributed by atoms with E-state index in [0.717, 1.165) is 17.3 Å². The molecule has 0 amide bonds. The fourth-order valence-electron chi connectivity index (χ4n) is 4.46. The molecule has 5 rings (SSSR count). The molecule has 2 N–H and O–H groups in total. The van der Waals surface area contributed by atoms with Crippen molar-refractivity contribution in [1.82, 2.24) is 15.3 Å². The minimum atomic E-state index is -0.0267. The Bertz CT molecular complexity index is 938. The summed E-state index contributed by atoms with van der Waals surface area (Å²) in [5.74, 6) is 0.424. The fraction of sp³-hybridized carbons (Fsp3) is 0.350. The molecule has 1 fully saturated rings. The zero-order chi connectivity index (χ0) is 18.7. The SMILES string of the molecule is CC1C=CC2=C1C1=CN(c3ccccc3Cl)CC3N(CO)NCN3C1=S2C. The summed E-state index contributed by atoms with van der Waals surface area (Å²) in [6.07, 6.45) is 9.24. The predicted molar refractivity (Wildman–Crippen MR) is 113 cm³/mol. The number of fused-ring (bicyclic) bond motifs is 4. The maximum absolute atomic E-state index is 9.86. The first-order valence-electron chi connectivity index (χ1n) is 9.17. The van der Waals surface area contributed by atoms with Gasteiger partial charge in [-0.25, -0.2) is 10.3 Å². The summed E-state index contributed by atoms with van der Waals surface area (Å²) < 4.78 is 0. The van der Waals surface area contributed by atoms with Crippen molar-refractivity contribution < 1.29 is 5.11 Å². The number of nitrogens with one attached hydrogen (secondary N) is 1. The standard InChI is InChI=1S/C20H23ClN4OS/c1-13-7-8-17-19(13)14-9-23(16-6-4-3-5-15(16)21)10-18-24(20(14)27(17)2)11-22-25(18)12-26/h3-9,13,18,22,26H,10-12H2,1-2H3. The Labute approximate surface area is 167 Å². The summed E-state index contributed by atoms with van der Waals surface area (Å²) in [6, 6.07) is 7.98. The number of para-hydroxylation sites is 1. The summed E-state index contributed by atoms with van der Waals surface area (Å²) in [7, 11) is 0.0284. The normalized spacial score (nSPS) is 30.5. The first-order chi connectivity index (χ1) is 13.1. The number of benzene rings is 1. The molecule has 1 aliphatic carbocycles. The van der Waals surface area contributed by atoms with Crippen molar-refractivity contribution >= 4 is 32.8 Å². The topological polar surface area (TPSA) is 42.0 Å². The number of aliphatic hydroxyl groups excluding tert-OH is 1. The number of rotatable bonds is 2. The van der Waals surface area contributed by atoms with Gasteiger partial charge in [0.25, 0.3) is 0 Å². The maximum Gasteiger partial charge on any atom is 0.110 e. The third-order valence-electron chi connectivity index (χ3n) is 5.78. The van der Waals surface area contributed by atoms with Gasteiger partial charge in [0.1, 0.15) is 12.9 Å². The minimum absolute atomic E-state index is 0.0267. The number of halogens is 1. The van der Waals surface area contributed by atoms with Gasteiger partial charge < -0.3 is 10.0 Å². The van der Waals surface area contributed by atoms with Crippen LogP contribution in [-0.2, 0) is 0 Å². The number of allylic oxidation sites excluding steroid dienone is 2. The molecule has 1 aromatic rings. The van der Waals surface area contributed by atoms with Crippen molar-refractivity contribution in [3.05, 3.63) is 63.7 Å². The monoisotopic (exact) mass is 402 g/mol. The van der Waals surface area contributed by atoms with E-state index >= 15 is 0 Å². The molecule has 0 aromatic heterocycles. The second kappa shape index (κ2) is 6.58. The first kappa shape index (κ1) is 17.7. The quantitative estimate of drug-likeness (QED) is 0.744. The molecule has 3 atom stereocenters. The third kappa shape index (κ3) is 2.59. The molecule has 0 spiro atoms. The van der Waals surface area contributed by atoms with Crippen LogP contribution in [-0.4, -0.2) is 52.4 Å². The van der Waals surface area contributed by atoms with Gasteiger partial charge in [-0.05, 0) is 24.0 Å². The van der Waals surface area contributed by atoms with E-state index in [4.69, 9.17) is 11.6 Å². The van der Waals surface area contributed by atoms with Crippen molar-refractivity contribution in [3.8, 4) is 0 Å². The zero-order valence-electron chi connectivity index (χ0n) is 15.4. The third-order valence-corrected chi connectivity index (χ3v) is 8.15. The number of anilines is 1. The smallest absolute Gasteiger partial charge is 0.110 e. The summed E-state index contributed by atoms with van der Waals surface area (Å²) in [4.78, 5) is 7.49. The van der Waals surface area contributed by atoms with Crippen LogP contribution in [0, 0.1) is 5.92 Å². The van der Waals surface area contributed by atoms with Gasteiger partial charge in [-0.3, -0.25) is 0 Å². The van der Waals surface area contributed by atoms with Gasteiger partial charge in [-0.1, -0.05) is 42.8 Å². The lowest BCUT2D eigenvalue weighted by atomic mass is 9.97. The Morgan fingerprint density at radius 2 is 2.15 bits per heavy atom. The van der Waals surface area contributed by atoms with Crippen LogP contribution < -0.4 is 10.3 Å². The van der Waals surface area contributed by atoms with Crippen molar-refractivity contribution in [2.45, 2.75) is 13.1 Å². The first-order valence-corrected chi connectivity index (χ1v) is 11.2. The van der Waals surface area contributed by atoms with E-state index in [0.29, 0.717) is 12.6 Å². The molecule has 0 saturated carbocycles. The van der Waals surface area contributed by atoms with Gasteiger partial charge in [0.2, 0.25) is 0 Å². The van der Waals surface area contributed by atoms with Gasteiger partial charge in [0, 0.05) is 22.6 Å². The molecule has 0 bridgehead atoms. The van der Waals surface area contributed by atoms with E-state index in [9.17, 15) is 5.11 Å². The van der Waals surface area contributed by atoms with Crippen LogP contribution in [0.4, 0.5) is 5.69 Å². The van der Waals surface area contributed by atoms with Crippen molar-refractivity contribution in [2.24, 2.45) is 5.92 Å². The second-order valence-corrected chi connectivity index (χ2v) is 9.52. The van der Waals surface area contributed by atoms with E-state index in [1.807, 2.05) is 23.2 Å². The van der Waals surface area contributed by atoms with Gasteiger partial charge in [0.15, 0.2) is 0 Å². The average Bonchev–Trinajstić information content (AvgIpc) is 3.28. The Balaban J connectivity index is 1.68. The zero-order valence-corrected chi connectivity index (χ0v) is 17.0. The summed E-state index contributed by atoms with van der Waals surface area (Å²) >= 11 is 6.54.